The number of likely N-dealkylation sites (N-methyl/N-ethyl adjacent to an activating group) is 1. The van der Waals surface area contributed by atoms with Crippen molar-refractivity contribution in [3.63, 3.8) is 0 Å². The van der Waals surface area contributed by atoms with E-state index in [1.54, 1.807) is 22.0 Å². The van der Waals surface area contributed by atoms with Crippen molar-refractivity contribution in [2.45, 2.75) is 45.7 Å². The molecular weight excluding hydrogens is 498 g/mol. The van der Waals surface area contributed by atoms with E-state index in [1.807, 2.05) is 41.9 Å². The van der Waals surface area contributed by atoms with Gasteiger partial charge in [0.2, 0.25) is 0 Å². The maximum absolute atomic E-state index is 13.4. The number of thiophene rings is 1. The molecule has 0 aliphatic carbocycles. The van der Waals surface area contributed by atoms with Crippen molar-refractivity contribution in [2.24, 2.45) is 0 Å². The Morgan fingerprint density at radius 3 is 2.82 bits per heavy atom. The monoisotopic (exact) mass is 533 g/mol. The molecule has 2 atom stereocenters. The van der Waals surface area contributed by atoms with Gasteiger partial charge in [0.05, 0.1) is 40.7 Å². The normalized spacial score (nSPS) is 16.4. The molecule has 0 spiro atoms. The number of fused-ring (bicyclic) bond motifs is 1. The van der Waals surface area contributed by atoms with Crippen molar-refractivity contribution < 1.29 is 9.90 Å². The Kier molecular flexibility index (Phi) is 8.01. The molecule has 0 saturated carbocycles. The molecule has 1 unspecified atom stereocenters. The number of amides is 1. The van der Waals surface area contributed by atoms with Gasteiger partial charge in [-0.05, 0) is 62.5 Å². The Hall–Kier alpha value is -3.34. The molecule has 4 aromatic rings. The molecule has 1 fully saturated rings. The zero-order valence-corrected chi connectivity index (χ0v) is 23.0. The standard InChI is InChI=1S/C28H35N7O2S/c1-4-33(5-2)19(3)16-29-28(37)20-14-24(31-26(15-20)34-11-6-8-21(34)18-36)22-17-30-35-12-10-23(32-27(22)35)25-9-7-13-38-25/h7,9-10,12-15,17,19,21,36H,4-6,8,11,16,18H2,1-3H3,(H,29,37)/t19?,21-/m1/s1. The van der Waals surface area contributed by atoms with E-state index in [4.69, 9.17) is 9.97 Å². The van der Waals surface area contributed by atoms with E-state index in [9.17, 15) is 9.90 Å². The van der Waals surface area contributed by atoms with E-state index >= 15 is 0 Å². The summed E-state index contributed by atoms with van der Waals surface area (Å²) in [6.45, 7) is 9.65. The molecule has 38 heavy (non-hydrogen) atoms. The van der Waals surface area contributed by atoms with Crippen molar-refractivity contribution in [1.29, 1.82) is 0 Å². The predicted octanol–water partition coefficient (Wildman–Crippen LogP) is 3.94. The van der Waals surface area contributed by atoms with E-state index in [-0.39, 0.29) is 24.6 Å². The lowest BCUT2D eigenvalue weighted by Crippen LogP contribution is -2.42. The van der Waals surface area contributed by atoms with E-state index in [0.29, 0.717) is 29.3 Å². The smallest absolute Gasteiger partial charge is 0.251 e. The summed E-state index contributed by atoms with van der Waals surface area (Å²) in [4.78, 5) is 28.8. The zero-order chi connectivity index (χ0) is 26.6. The largest absolute Gasteiger partial charge is 0.394 e. The van der Waals surface area contributed by atoms with Gasteiger partial charge in [0.15, 0.2) is 5.65 Å². The first kappa shape index (κ1) is 26.3. The summed E-state index contributed by atoms with van der Waals surface area (Å²) in [5.41, 5.74) is 3.49. The van der Waals surface area contributed by atoms with Crippen LogP contribution in [0.3, 0.4) is 0 Å². The molecule has 200 valence electrons. The topological polar surface area (TPSA) is 98.9 Å². The van der Waals surface area contributed by atoms with Gasteiger partial charge in [-0.3, -0.25) is 9.69 Å². The molecule has 4 aromatic heterocycles. The summed E-state index contributed by atoms with van der Waals surface area (Å²) >= 11 is 1.64. The van der Waals surface area contributed by atoms with Gasteiger partial charge in [-0.25, -0.2) is 14.5 Å². The van der Waals surface area contributed by atoms with Crippen molar-refractivity contribution in [2.75, 3.05) is 37.7 Å². The fourth-order valence-corrected chi connectivity index (χ4v) is 5.88. The highest BCUT2D eigenvalue weighted by Gasteiger charge is 2.27. The molecule has 10 heteroatoms. The first-order chi connectivity index (χ1) is 18.5. The molecule has 2 N–H and O–H groups in total. The van der Waals surface area contributed by atoms with Gasteiger partial charge in [0.1, 0.15) is 5.82 Å². The van der Waals surface area contributed by atoms with Gasteiger partial charge < -0.3 is 15.3 Å². The summed E-state index contributed by atoms with van der Waals surface area (Å²) in [6, 6.07) is 9.88. The fourth-order valence-electron chi connectivity index (χ4n) is 5.19. The van der Waals surface area contributed by atoms with Crippen molar-refractivity contribution >= 4 is 28.7 Å². The summed E-state index contributed by atoms with van der Waals surface area (Å²) in [5, 5.41) is 19.6. The number of carbonyl (C=O) groups excluding carboxylic acids is 1. The second-order valence-corrected chi connectivity index (χ2v) is 10.6. The summed E-state index contributed by atoms with van der Waals surface area (Å²) in [5.74, 6) is 0.548. The number of aromatic nitrogens is 4. The Balaban J connectivity index is 1.53. The molecule has 1 amide bonds. The third-order valence-corrected chi connectivity index (χ3v) is 8.26. The number of nitrogens with zero attached hydrogens (tertiary/aromatic N) is 6. The SMILES string of the molecule is CCN(CC)C(C)CNC(=O)c1cc(-c2cnn3ccc(-c4cccs4)nc23)nc(N2CCC[C@@H]2CO)c1. The zero-order valence-electron chi connectivity index (χ0n) is 22.2. The van der Waals surface area contributed by atoms with E-state index in [0.717, 1.165) is 48.6 Å². The van der Waals surface area contributed by atoms with Crippen molar-refractivity contribution in [3.05, 3.63) is 53.7 Å². The van der Waals surface area contributed by atoms with Crippen LogP contribution in [0.1, 0.15) is 44.0 Å². The molecule has 1 aliphatic rings. The maximum Gasteiger partial charge on any atom is 0.251 e. The van der Waals surface area contributed by atoms with Crippen LogP contribution in [-0.2, 0) is 0 Å². The predicted molar refractivity (Wildman–Crippen MR) is 152 cm³/mol. The minimum absolute atomic E-state index is 0.0104. The van der Waals surface area contributed by atoms with Gasteiger partial charge in [0, 0.05) is 30.9 Å². The van der Waals surface area contributed by atoms with Crippen molar-refractivity contribution in [1.82, 2.24) is 29.8 Å². The third-order valence-electron chi connectivity index (χ3n) is 7.37. The highest BCUT2D eigenvalue weighted by molar-refractivity contribution is 7.13. The quantitative estimate of drug-likeness (QED) is 0.319. The number of aliphatic hydroxyl groups excluding tert-OH is 1. The van der Waals surface area contributed by atoms with Gasteiger partial charge in [-0.2, -0.15) is 5.10 Å². The van der Waals surface area contributed by atoms with Crippen LogP contribution < -0.4 is 10.2 Å². The second kappa shape index (κ2) is 11.6. The molecule has 0 radical (unpaired) electrons. The van der Waals surface area contributed by atoms with Gasteiger partial charge in [0.25, 0.3) is 5.91 Å². The van der Waals surface area contributed by atoms with Gasteiger partial charge in [-0.1, -0.05) is 19.9 Å². The van der Waals surface area contributed by atoms with E-state index in [1.165, 1.54) is 0 Å². The average molecular weight is 534 g/mol. The molecular formula is C28H35N7O2S. The Labute approximate surface area is 227 Å². The lowest BCUT2D eigenvalue weighted by molar-refractivity contribution is 0.0938. The number of carbonyl (C=O) groups is 1. The number of hydrogen-bond donors (Lipinski definition) is 2. The summed E-state index contributed by atoms with van der Waals surface area (Å²) < 4.78 is 1.73. The van der Waals surface area contributed by atoms with E-state index < -0.39 is 0 Å². The van der Waals surface area contributed by atoms with Gasteiger partial charge >= 0.3 is 0 Å². The highest BCUT2D eigenvalue weighted by atomic mass is 32.1. The summed E-state index contributed by atoms with van der Waals surface area (Å²) in [7, 11) is 0. The fraction of sp³-hybridized carbons (Fsp3) is 0.429. The van der Waals surface area contributed by atoms with Crippen LogP contribution in [0.4, 0.5) is 5.82 Å². The lowest BCUT2D eigenvalue weighted by Gasteiger charge is -2.27. The van der Waals surface area contributed by atoms with Crippen LogP contribution in [-0.4, -0.2) is 80.4 Å². The Bertz CT molecular complexity index is 1380. The number of aliphatic hydroxyl groups is 1. The number of nitrogens with one attached hydrogen (secondary N) is 1. The molecule has 0 bridgehead atoms. The van der Waals surface area contributed by atoms with Crippen LogP contribution in [0.2, 0.25) is 0 Å². The molecule has 5 rings (SSSR count). The number of anilines is 1. The molecule has 0 aromatic carbocycles. The minimum Gasteiger partial charge on any atom is -0.394 e. The third kappa shape index (κ3) is 5.29. The van der Waals surface area contributed by atoms with Crippen LogP contribution in [0, 0.1) is 0 Å². The first-order valence-electron chi connectivity index (χ1n) is 13.3. The number of pyridine rings is 1. The number of hydrogen-bond acceptors (Lipinski definition) is 8. The van der Waals surface area contributed by atoms with Crippen LogP contribution >= 0.6 is 11.3 Å². The van der Waals surface area contributed by atoms with E-state index in [2.05, 4.69) is 41.0 Å². The maximum atomic E-state index is 13.4. The number of rotatable bonds is 10. The second-order valence-electron chi connectivity index (χ2n) is 9.67. The molecule has 9 nitrogen and oxygen atoms in total. The summed E-state index contributed by atoms with van der Waals surface area (Å²) in [6.07, 6.45) is 5.52. The highest BCUT2D eigenvalue weighted by Crippen LogP contribution is 2.31. The Morgan fingerprint density at radius 1 is 1.24 bits per heavy atom. The van der Waals surface area contributed by atoms with Crippen LogP contribution in [0.25, 0.3) is 27.5 Å². The minimum atomic E-state index is -0.141. The van der Waals surface area contributed by atoms with Crippen molar-refractivity contribution in [3.8, 4) is 21.8 Å². The average Bonchev–Trinajstić information content (AvgIpc) is 3.72. The molecule has 1 saturated heterocycles. The lowest BCUT2D eigenvalue weighted by atomic mass is 10.1. The van der Waals surface area contributed by atoms with Crippen LogP contribution in [0.5, 0.6) is 0 Å². The van der Waals surface area contributed by atoms with Crippen LogP contribution in [0.15, 0.2) is 48.1 Å². The molecule has 1 aliphatic heterocycles. The first-order valence-corrected chi connectivity index (χ1v) is 14.2. The van der Waals surface area contributed by atoms with Gasteiger partial charge in [-0.15, -0.1) is 11.3 Å². The molecule has 5 heterocycles. The Morgan fingerprint density at radius 2 is 2.08 bits per heavy atom.